The zero-order valence-corrected chi connectivity index (χ0v) is 14.8. The third-order valence-corrected chi connectivity index (χ3v) is 4.80. The minimum atomic E-state index is -4.26. The maximum Gasteiger partial charge on any atom is 0.389 e. The van der Waals surface area contributed by atoms with Crippen LogP contribution in [0.4, 0.5) is 18.9 Å². The molecule has 1 unspecified atom stereocenters. The Morgan fingerprint density at radius 3 is 2.96 bits per heavy atom. The van der Waals surface area contributed by atoms with Crippen molar-refractivity contribution in [3.63, 3.8) is 0 Å². The first-order valence-electron chi connectivity index (χ1n) is 8.95. The summed E-state index contributed by atoms with van der Waals surface area (Å²) in [7, 11) is 0. The van der Waals surface area contributed by atoms with Crippen molar-refractivity contribution in [2.75, 3.05) is 44.3 Å². The molecule has 2 heterocycles. The first-order valence-corrected chi connectivity index (χ1v) is 8.95. The smallest absolute Gasteiger partial charge is 0.380 e. The van der Waals surface area contributed by atoms with Crippen LogP contribution in [0.3, 0.4) is 0 Å². The van der Waals surface area contributed by atoms with Crippen molar-refractivity contribution in [1.82, 2.24) is 10.6 Å². The Hall–Kier alpha value is -1.80. The van der Waals surface area contributed by atoms with E-state index in [0.717, 1.165) is 11.3 Å². The van der Waals surface area contributed by atoms with Gasteiger partial charge in [-0.25, -0.2) is 0 Å². The van der Waals surface area contributed by atoms with Gasteiger partial charge in [0.15, 0.2) is 0 Å². The van der Waals surface area contributed by atoms with Crippen LogP contribution in [0.2, 0.25) is 0 Å². The van der Waals surface area contributed by atoms with Crippen molar-refractivity contribution < 1.29 is 22.7 Å². The molecule has 2 aliphatic heterocycles. The number of benzene rings is 1. The molecule has 0 aliphatic carbocycles. The molecule has 0 radical (unpaired) electrons. The monoisotopic (exact) mass is 371 g/mol. The van der Waals surface area contributed by atoms with Gasteiger partial charge in [0, 0.05) is 56.5 Å². The van der Waals surface area contributed by atoms with Crippen molar-refractivity contribution in [1.29, 1.82) is 0 Å². The molecule has 0 spiro atoms. The van der Waals surface area contributed by atoms with Gasteiger partial charge < -0.3 is 20.3 Å². The van der Waals surface area contributed by atoms with Gasteiger partial charge in [0.2, 0.25) is 0 Å². The highest BCUT2D eigenvalue weighted by Crippen LogP contribution is 2.46. The number of carbonyl (C=O) groups excluding carboxylic acids is 1. The maximum atomic E-state index is 13.1. The highest BCUT2D eigenvalue weighted by atomic mass is 19.4. The van der Waals surface area contributed by atoms with Crippen LogP contribution in [-0.4, -0.2) is 51.5 Å². The molecule has 2 N–H and O–H groups in total. The second-order valence-electron chi connectivity index (χ2n) is 6.63. The number of hydrogen-bond donors (Lipinski definition) is 2. The van der Waals surface area contributed by atoms with Crippen molar-refractivity contribution in [2.45, 2.75) is 32.0 Å². The standard InChI is InChI=1S/C18H24F3N3O2/c1-2-26-8-6-23-17(25)14-4-3-12-10-22-5-7-24-11-13(9-18(19,20)21)15(14)16(12)24/h3-4,13,22H,2,5-11H2,1H3,(H,23,25). The quantitative estimate of drug-likeness (QED) is 0.754. The Labute approximate surface area is 150 Å². The van der Waals surface area contributed by atoms with Crippen molar-refractivity contribution in [2.24, 2.45) is 0 Å². The van der Waals surface area contributed by atoms with E-state index >= 15 is 0 Å². The zero-order chi connectivity index (χ0) is 18.7. The molecule has 5 nitrogen and oxygen atoms in total. The number of alkyl halides is 3. The van der Waals surface area contributed by atoms with Gasteiger partial charge in [-0.15, -0.1) is 0 Å². The van der Waals surface area contributed by atoms with E-state index in [9.17, 15) is 18.0 Å². The molecular weight excluding hydrogens is 347 g/mol. The third-order valence-electron chi connectivity index (χ3n) is 4.80. The molecule has 26 heavy (non-hydrogen) atoms. The van der Waals surface area contributed by atoms with Crippen LogP contribution in [0, 0.1) is 0 Å². The van der Waals surface area contributed by atoms with E-state index in [1.54, 1.807) is 6.07 Å². The minimum absolute atomic E-state index is 0.298. The molecule has 1 atom stereocenters. The number of amides is 1. The zero-order valence-electron chi connectivity index (χ0n) is 14.8. The molecular formula is C18H24F3N3O2. The SMILES string of the molecule is CCOCCNC(=O)c1ccc2c3c1C(CC(F)(F)F)CN3CCNC2. The molecule has 1 aromatic carbocycles. The summed E-state index contributed by atoms with van der Waals surface area (Å²) in [5.41, 5.74) is 2.64. The fraction of sp³-hybridized carbons (Fsp3) is 0.611. The first-order chi connectivity index (χ1) is 12.4. The highest BCUT2D eigenvalue weighted by Gasteiger charge is 2.41. The molecule has 0 bridgehead atoms. The number of nitrogens with zero attached hydrogens (tertiary/aromatic N) is 1. The molecule has 2 aliphatic rings. The average Bonchev–Trinajstić information content (AvgIpc) is 2.79. The average molecular weight is 371 g/mol. The Balaban J connectivity index is 1.92. The van der Waals surface area contributed by atoms with E-state index in [2.05, 4.69) is 10.6 Å². The van der Waals surface area contributed by atoms with Crippen LogP contribution in [-0.2, 0) is 11.3 Å². The second kappa shape index (κ2) is 7.84. The van der Waals surface area contributed by atoms with Crippen LogP contribution in [0.25, 0.3) is 0 Å². The number of anilines is 1. The molecule has 8 heteroatoms. The predicted molar refractivity (Wildman–Crippen MR) is 92.6 cm³/mol. The van der Waals surface area contributed by atoms with Gasteiger partial charge >= 0.3 is 6.18 Å². The highest BCUT2D eigenvalue weighted by molar-refractivity contribution is 5.98. The molecule has 0 saturated heterocycles. The van der Waals surface area contributed by atoms with Gasteiger partial charge in [0.25, 0.3) is 5.91 Å². The number of nitrogens with one attached hydrogen (secondary N) is 2. The molecule has 144 valence electrons. The van der Waals surface area contributed by atoms with E-state index in [0.29, 0.717) is 57.1 Å². The van der Waals surface area contributed by atoms with E-state index in [1.165, 1.54) is 0 Å². The maximum absolute atomic E-state index is 13.1. The summed E-state index contributed by atoms with van der Waals surface area (Å²) in [6.45, 7) is 5.38. The predicted octanol–water partition coefficient (Wildman–Crippen LogP) is 2.41. The Morgan fingerprint density at radius 2 is 2.23 bits per heavy atom. The molecule has 0 fully saturated rings. The molecule has 0 aromatic heterocycles. The Morgan fingerprint density at radius 1 is 1.42 bits per heavy atom. The van der Waals surface area contributed by atoms with Gasteiger partial charge in [-0.2, -0.15) is 13.2 Å². The van der Waals surface area contributed by atoms with Gasteiger partial charge in [-0.05, 0) is 24.1 Å². The van der Waals surface area contributed by atoms with Crippen LogP contribution in [0.15, 0.2) is 12.1 Å². The summed E-state index contributed by atoms with van der Waals surface area (Å²) in [4.78, 5) is 14.6. The largest absolute Gasteiger partial charge is 0.389 e. The lowest BCUT2D eigenvalue weighted by Crippen LogP contribution is -2.29. The van der Waals surface area contributed by atoms with Gasteiger partial charge in [-0.1, -0.05) is 6.07 Å². The lowest BCUT2D eigenvalue weighted by molar-refractivity contribution is -0.138. The van der Waals surface area contributed by atoms with Crippen LogP contribution < -0.4 is 15.5 Å². The van der Waals surface area contributed by atoms with E-state index < -0.39 is 18.5 Å². The summed E-state index contributed by atoms with van der Waals surface area (Å²) >= 11 is 0. The Bertz CT molecular complexity index is 664. The van der Waals surface area contributed by atoms with Crippen LogP contribution >= 0.6 is 0 Å². The summed E-state index contributed by atoms with van der Waals surface area (Å²) < 4.78 is 44.5. The number of halogens is 3. The van der Waals surface area contributed by atoms with Crippen molar-refractivity contribution in [3.8, 4) is 0 Å². The number of hydrogen-bond acceptors (Lipinski definition) is 4. The summed E-state index contributed by atoms with van der Waals surface area (Å²) in [6, 6.07) is 3.50. The van der Waals surface area contributed by atoms with Gasteiger partial charge in [-0.3, -0.25) is 4.79 Å². The van der Waals surface area contributed by atoms with Crippen molar-refractivity contribution in [3.05, 3.63) is 28.8 Å². The van der Waals surface area contributed by atoms with E-state index in [1.807, 2.05) is 17.9 Å². The van der Waals surface area contributed by atoms with Crippen LogP contribution in [0.1, 0.15) is 40.7 Å². The van der Waals surface area contributed by atoms with Crippen molar-refractivity contribution >= 4 is 11.6 Å². The topological polar surface area (TPSA) is 53.6 Å². The molecule has 3 rings (SSSR count). The molecule has 1 aromatic rings. The van der Waals surface area contributed by atoms with E-state index in [4.69, 9.17) is 4.74 Å². The fourth-order valence-corrected chi connectivity index (χ4v) is 3.79. The summed E-state index contributed by atoms with van der Waals surface area (Å²) in [5.74, 6) is -1.05. The lowest BCUT2D eigenvalue weighted by atomic mass is 9.90. The lowest BCUT2D eigenvalue weighted by Gasteiger charge is -2.19. The van der Waals surface area contributed by atoms with Gasteiger partial charge in [0.1, 0.15) is 0 Å². The number of ether oxygens (including phenoxy) is 1. The normalized spacial score (nSPS) is 19.2. The third kappa shape index (κ3) is 4.12. The first kappa shape index (κ1) is 19.0. The molecule has 1 amide bonds. The number of rotatable bonds is 6. The fourth-order valence-electron chi connectivity index (χ4n) is 3.79. The molecule has 0 saturated carbocycles. The number of carbonyl (C=O) groups is 1. The van der Waals surface area contributed by atoms with Gasteiger partial charge in [0.05, 0.1) is 13.0 Å². The van der Waals surface area contributed by atoms with E-state index in [-0.39, 0.29) is 5.91 Å². The summed E-state index contributed by atoms with van der Waals surface area (Å²) in [6.07, 6.45) is -5.17. The Kier molecular flexibility index (Phi) is 5.72. The second-order valence-corrected chi connectivity index (χ2v) is 6.63. The summed E-state index contributed by atoms with van der Waals surface area (Å²) in [5, 5.41) is 6.03. The van der Waals surface area contributed by atoms with Crippen LogP contribution in [0.5, 0.6) is 0 Å². The minimum Gasteiger partial charge on any atom is -0.380 e.